The first-order chi connectivity index (χ1) is 17.9. The van der Waals surface area contributed by atoms with Crippen molar-refractivity contribution in [1.82, 2.24) is 24.6 Å². The molecule has 0 aliphatic rings. The Morgan fingerprint density at radius 2 is 1.70 bits per heavy atom. The second-order valence-corrected chi connectivity index (χ2v) is 10.5. The highest BCUT2D eigenvalue weighted by Gasteiger charge is 2.26. The molecular weight excluding hydrogens is 495 g/mol. The number of aromatic nitrogens is 4. The van der Waals surface area contributed by atoms with Crippen molar-refractivity contribution in [2.75, 3.05) is 18.6 Å². The summed E-state index contributed by atoms with van der Waals surface area (Å²) in [5, 5.41) is 2.73. The van der Waals surface area contributed by atoms with Crippen LogP contribution in [0.5, 0.6) is 0 Å². The standard InChI is InChI=1S/C25H29N6O5P/c1-19(13-31-17-29-23-24(26)27-16-28-25(23)31)35-18-37(33,36-15-21-10-6-3-7-11-21)30-12-22(32)34-14-20-8-4-2-5-9-20/h2-11,16-17,19H,12-15,18H2,1H3,(H,30,33)(H2,26,27,28)/t19-,37?/m1/s1. The van der Waals surface area contributed by atoms with E-state index in [2.05, 4.69) is 20.0 Å². The third kappa shape index (κ3) is 7.68. The van der Waals surface area contributed by atoms with Gasteiger partial charge in [-0.1, -0.05) is 60.7 Å². The van der Waals surface area contributed by atoms with Crippen LogP contribution < -0.4 is 10.8 Å². The Morgan fingerprint density at radius 1 is 1.03 bits per heavy atom. The van der Waals surface area contributed by atoms with Crippen molar-refractivity contribution in [3.05, 3.63) is 84.4 Å². The molecule has 0 amide bonds. The number of anilines is 1. The summed E-state index contributed by atoms with van der Waals surface area (Å²) in [6.07, 6.45) is 2.33. The van der Waals surface area contributed by atoms with Crippen LogP contribution in [0.2, 0.25) is 0 Å². The van der Waals surface area contributed by atoms with E-state index in [0.717, 1.165) is 11.1 Å². The number of nitrogens with zero attached hydrogens (tertiary/aromatic N) is 4. The molecule has 0 fully saturated rings. The number of ether oxygens (including phenoxy) is 2. The fraction of sp³-hybridized carbons (Fsp3) is 0.280. The number of nitrogen functional groups attached to an aromatic ring is 1. The van der Waals surface area contributed by atoms with Crippen molar-refractivity contribution in [3.8, 4) is 0 Å². The molecule has 2 aromatic carbocycles. The Morgan fingerprint density at radius 3 is 2.41 bits per heavy atom. The zero-order valence-corrected chi connectivity index (χ0v) is 21.3. The van der Waals surface area contributed by atoms with Crippen molar-refractivity contribution in [2.24, 2.45) is 0 Å². The van der Waals surface area contributed by atoms with Gasteiger partial charge in [-0.05, 0) is 18.1 Å². The van der Waals surface area contributed by atoms with Crippen LogP contribution in [0.1, 0.15) is 18.1 Å². The van der Waals surface area contributed by atoms with E-state index in [1.807, 2.05) is 67.6 Å². The second kappa shape index (κ2) is 12.6. The van der Waals surface area contributed by atoms with Crippen LogP contribution in [0.4, 0.5) is 5.82 Å². The first-order valence-corrected chi connectivity index (χ1v) is 13.5. The molecule has 37 heavy (non-hydrogen) atoms. The Kier molecular flexibility index (Phi) is 8.97. The van der Waals surface area contributed by atoms with Gasteiger partial charge in [-0.25, -0.2) is 20.0 Å². The first-order valence-electron chi connectivity index (χ1n) is 11.7. The second-order valence-electron chi connectivity index (χ2n) is 8.35. The maximum absolute atomic E-state index is 13.6. The minimum atomic E-state index is -3.58. The summed E-state index contributed by atoms with van der Waals surface area (Å²) in [6.45, 7) is 2.12. The van der Waals surface area contributed by atoms with Crippen LogP contribution in [0.3, 0.4) is 0 Å². The molecule has 0 spiro atoms. The van der Waals surface area contributed by atoms with Crippen LogP contribution in [0.15, 0.2) is 73.3 Å². The molecule has 2 aromatic heterocycles. The van der Waals surface area contributed by atoms with Crippen molar-refractivity contribution in [2.45, 2.75) is 32.8 Å². The zero-order chi connectivity index (χ0) is 26.1. The number of nitrogens with two attached hydrogens (primary N) is 1. The molecule has 2 heterocycles. The lowest BCUT2D eigenvalue weighted by Crippen LogP contribution is -2.26. The van der Waals surface area contributed by atoms with Crippen LogP contribution in [-0.4, -0.2) is 44.5 Å². The third-order valence-electron chi connectivity index (χ3n) is 5.40. The van der Waals surface area contributed by atoms with E-state index in [0.29, 0.717) is 23.5 Å². The number of esters is 1. The monoisotopic (exact) mass is 524 g/mol. The number of hydrogen-bond donors (Lipinski definition) is 2. The minimum absolute atomic E-state index is 0.0876. The first kappa shape index (κ1) is 26.4. The van der Waals surface area contributed by atoms with Gasteiger partial charge in [0.15, 0.2) is 11.5 Å². The molecule has 0 radical (unpaired) electrons. The molecule has 0 saturated heterocycles. The van der Waals surface area contributed by atoms with Gasteiger partial charge in [0.2, 0.25) is 0 Å². The number of rotatable bonds is 13. The summed E-state index contributed by atoms with van der Waals surface area (Å²) in [7, 11) is -3.58. The molecule has 4 aromatic rings. The highest BCUT2D eigenvalue weighted by molar-refractivity contribution is 7.56. The minimum Gasteiger partial charge on any atom is -0.460 e. The SMILES string of the molecule is C[C@H](Cn1cnc2c(N)ncnc21)OCP(=O)(NCC(=O)OCc1ccccc1)OCc1ccccc1. The third-order valence-corrected chi connectivity index (χ3v) is 7.08. The van der Waals surface area contributed by atoms with Crippen LogP contribution in [-0.2, 0) is 43.1 Å². The highest BCUT2D eigenvalue weighted by Crippen LogP contribution is 2.43. The van der Waals surface area contributed by atoms with Gasteiger partial charge in [-0.2, -0.15) is 0 Å². The summed E-state index contributed by atoms with van der Waals surface area (Å²) in [6, 6.07) is 18.6. The van der Waals surface area contributed by atoms with E-state index >= 15 is 0 Å². The predicted octanol–water partition coefficient (Wildman–Crippen LogP) is 3.51. The lowest BCUT2D eigenvalue weighted by Gasteiger charge is -2.22. The summed E-state index contributed by atoms with van der Waals surface area (Å²) >= 11 is 0. The number of carbonyl (C=O) groups excluding carboxylic acids is 1. The molecule has 0 saturated carbocycles. The van der Waals surface area contributed by atoms with Crippen molar-refractivity contribution >= 4 is 30.5 Å². The summed E-state index contributed by atoms with van der Waals surface area (Å²) in [5.41, 5.74) is 8.63. The largest absolute Gasteiger partial charge is 0.460 e. The van der Waals surface area contributed by atoms with Gasteiger partial charge in [-0.15, -0.1) is 0 Å². The van der Waals surface area contributed by atoms with Crippen LogP contribution >= 0.6 is 7.52 Å². The summed E-state index contributed by atoms with van der Waals surface area (Å²) in [4.78, 5) is 24.7. The lowest BCUT2D eigenvalue weighted by molar-refractivity contribution is -0.143. The van der Waals surface area contributed by atoms with Gasteiger partial charge in [0.25, 0.3) is 7.52 Å². The normalized spacial score (nSPS) is 13.8. The van der Waals surface area contributed by atoms with Crippen LogP contribution in [0.25, 0.3) is 11.2 Å². The molecule has 3 N–H and O–H groups in total. The van der Waals surface area contributed by atoms with Crippen molar-refractivity contribution in [1.29, 1.82) is 0 Å². The maximum Gasteiger partial charge on any atom is 0.320 e. The predicted molar refractivity (Wildman–Crippen MR) is 138 cm³/mol. The average molecular weight is 525 g/mol. The number of fused-ring (bicyclic) bond motifs is 1. The number of hydrogen-bond acceptors (Lipinski definition) is 9. The number of benzene rings is 2. The average Bonchev–Trinajstić information content (AvgIpc) is 3.33. The molecule has 4 rings (SSSR count). The molecule has 12 heteroatoms. The van der Waals surface area contributed by atoms with Crippen molar-refractivity contribution in [3.63, 3.8) is 0 Å². The Balaban J connectivity index is 1.35. The van der Waals surface area contributed by atoms with Gasteiger partial charge in [0.1, 0.15) is 31.3 Å². The smallest absolute Gasteiger partial charge is 0.320 e. The fourth-order valence-electron chi connectivity index (χ4n) is 3.44. The fourth-order valence-corrected chi connectivity index (χ4v) is 4.88. The summed E-state index contributed by atoms with van der Waals surface area (Å²) in [5.74, 6) is -0.262. The van der Waals surface area contributed by atoms with Gasteiger partial charge in [0.05, 0.1) is 25.6 Å². The number of imidazole rings is 1. The topological polar surface area (TPSA) is 143 Å². The van der Waals surface area contributed by atoms with E-state index in [-0.39, 0.29) is 32.2 Å². The van der Waals surface area contributed by atoms with E-state index in [9.17, 15) is 9.36 Å². The molecule has 0 aliphatic heterocycles. The van der Waals surface area contributed by atoms with E-state index in [1.165, 1.54) is 6.33 Å². The highest BCUT2D eigenvalue weighted by atomic mass is 31.2. The van der Waals surface area contributed by atoms with Crippen LogP contribution in [0, 0.1) is 0 Å². The molecule has 2 atom stereocenters. The molecule has 194 valence electrons. The summed E-state index contributed by atoms with van der Waals surface area (Å²) < 4.78 is 32.3. The zero-order valence-electron chi connectivity index (χ0n) is 20.4. The Hall–Kier alpha value is -3.63. The van der Waals surface area contributed by atoms with Gasteiger partial charge in [-0.3, -0.25) is 9.36 Å². The van der Waals surface area contributed by atoms with Gasteiger partial charge in [0, 0.05) is 0 Å². The van der Waals surface area contributed by atoms with E-state index in [4.69, 9.17) is 19.7 Å². The molecule has 0 aliphatic carbocycles. The number of nitrogens with one attached hydrogen (secondary N) is 1. The van der Waals surface area contributed by atoms with Gasteiger partial charge >= 0.3 is 5.97 Å². The molecular formula is C25H29N6O5P. The van der Waals surface area contributed by atoms with Gasteiger partial charge < -0.3 is 24.3 Å². The number of carbonyl (C=O) groups is 1. The molecule has 11 nitrogen and oxygen atoms in total. The quantitative estimate of drug-likeness (QED) is 0.197. The van der Waals surface area contributed by atoms with Crippen molar-refractivity contribution < 1.29 is 23.4 Å². The lowest BCUT2D eigenvalue weighted by atomic mass is 10.2. The Bertz CT molecular complexity index is 1350. The maximum atomic E-state index is 13.6. The van der Waals surface area contributed by atoms with E-state index in [1.54, 1.807) is 10.9 Å². The molecule has 1 unspecified atom stereocenters. The molecule has 0 bridgehead atoms. The Labute approximate surface area is 214 Å². The van der Waals surface area contributed by atoms with E-state index < -0.39 is 13.5 Å².